The first-order valence-corrected chi connectivity index (χ1v) is 9.81. The van der Waals surface area contributed by atoms with E-state index < -0.39 is 6.04 Å². The maximum atomic E-state index is 13.3. The fourth-order valence-corrected chi connectivity index (χ4v) is 3.05. The molecule has 2 aromatic rings. The minimum Gasteiger partial charge on any atom is -0.354 e. The molecule has 5 heteroatoms. The Kier molecular flexibility index (Phi) is 8.18. The standard InChI is InChI=1S/C23H29FN2O2/c1-4-14-25-23(28)21(5-2)26(16-19-10-12-20(24)13-11-19)22(27)15-18-8-6-17(3)7-9-18/h6-13,21H,4-5,14-16H2,1-3H3,(H,25,28). The smallest absolute Gasteiger partial charge is 0.242 e. The highest BCUT2D eigenvalue weighted by Gasteiger charge is 2.28. The number of amides is 2. The van der Waals surface area contributed by atoms with Gasteiger partial charge in [-0.15, -0.1) is 0 Å². The summed E-state index contributed by atoms with van der Waals surface area (Å²) >= 11 is 0. The van der Waals surface area contributed by atoms with Crippen LogP contribution in [0, 0.1) is 12.7 Å². The van der Waals surface area contributed by atoms with Crippen LogP contribution in [-0.2, 0) is 22.6 Å². The van der Waals surface area contributed by atoms with E-state index in [4.69, 9.17) is 0 Å². The summed E-state index contributed by atoms with van der Waals surface area (Å²) in [4.78, 5) is 27.4. The van der Waals surface area contributed by atoms with Crippen molar-refractivity contribution in [3.63, 3.8) is 0 Å². The zero-order valence-electron chi connectivity index (χ0n) is 16.9. The molecule has 0 aliphatic carbocycles. The number of carbonyl (C=O) groups is 2. The molecule has 4 nitrogen and oxygen atoms in total. The summed E-state index contributed by atoms with van der Waals surface area (Å²) in [6.07, 6.45) is 1.56. The molecule has 1 N–H and O–H groups in total. The normalized spacial score (nSPS) is 11.7. The van der Waals surface area contributed by atoms with Gasteiger partial charge < -0.3 is 10.2 Å². The topological polar surface area (TPSA) is 49.4 Å². The molecule has 0 bridgehead atoms. The Morgan fingerprint density at radius 3 is 2.18 bits per heavy atom. The molecule has 0 saturated carbocycles. The first kappa shape index (κ1) is 21.6. The lowest BCUT2D eigenvalue weighted by molar-refractivity contribution is -0.140. The number of halogens is 1. The van der Waals surface area contributed by atoms with Gasteiger partial charge in [-0.2, -0.15) is 0 Å². The van der Waals surface area contributed by atoms with Gasteiger partial charge in [0.25, 0.3) is 0 Å². The van der Waals surface area contributed by atoms with Crippen molar-refractivity contribution in [3.8, 4) is 0 Å². The molecule has 0 aromatic heterocycles. The molecular weight excluding hydrogens is 355 g/mol. The second-order valence-electron chi connectivity index (χ2n) is 7.03. The van der Waals surface area contributed by atoms with E-state index in [0.717, 1.165) is 23.1 Å². The largest absolute Gasteiger partial charge is 0.354 e. The Bertz CT molecular complexity index is 772. The molecule has 1 unspecified atom stereocenters. The van der Waals surface area contributed by atoms with E-state index in [1.165, 1.54) is 12.1 Å². The molecule has 1 atom stereocenters. The molecular formula is C23H29FN2O2. The second-order valence-corrected chi connectivity index (χ2v) is 7.03. The molecule has 2 rings (SSSR count). The van der Waals surface area contributed by atoms with E-state index in [0.29, 0.717) is 13.0 Å². The van der Waals surface area contributed by atoms with Crippen LogP contribution in [0.1, 0.15) is 43.4 Å². The molecule has 0 spiro atoms. The quantitative estimate of drug-likeness (QED) is 0.710. The van der Waals surface area contributed by atoms with Crippen LogP contribution >= 0.6 is 0 Å². The number of hydrogen-bond donors (Lipinski definition) is 1. The van der Waals surface area contributed by atoms with Crippen molar-refractivity contribution in [1.29, 1.82) is 0 Å². The number of benzene rings is 2. The molecule has 0 aliphatic heterocycles. The van der Waals surface area contributed by atoms with Crippen LogP contribution < -0.4 is 5.32 Å². The summed E-state index contributed by atoms with van der Waals surface area (Å²) in [5.74, 6) is -0.593. The van der Waals surface area contributed by atoms with Crippen molar-refractivity contribution in [3.05, 3.63) is 71.0 Å². The van der Waals surface area contributed by atoms with Crippen LogP contribution in [0.25, 0.3) is 0 Å². The first-order valence-electron chi connectivity index (χ1n) is 9.81. The molecule has 150 valence electrons. The third kappa shape index (κ3) is 6.19. The van der Waals surface area contributed by atoms with Crippen molar-refractivity contribution in [2.75, 3.05) is 6.54 Å². The summed E-state index contributed by atoms with van der Waals surface area (Å²) in [6.45, 7) is 6.72. The van der Waals surface area contributed by atoms with E-state index in [2.05, 4.69) is 5.32 Å². The average molecular weight is 384 g/mol. The SMILES string of the molecule is CCCNC(=O)C(CC)N(Cc1ccc(F)cc1)C(=O)Cc1ccc(C)cc1. The highest BCUT2D eigenvalue weighted by Crippen LogP contribution is 2.15. The van der Waals surface area contributed by atoms with E-state index in [-0.39, 0.29) is 30.6 Å². The lowest BCUT2D eigenvalue weighted by Gasteiger charge is -2.30. The lowest BCUT2D eigenvalue weighted by atomic mass is 10.1. The molecule has 0 fully saturated rings. The van der Waals surface area contributed by atoms with Gasteiger partial charge in [0.2, 0.25) is 11.8 Å². The number of nitrogens with one attached hydrogen (secondary N) is 1. The second kappa shape index (κ2) is 10.6. The number of carbonyl (C=O) groups excluding carboxylic acids is 2. The van der Waals surface area contributed by atoms with E-state index in [9.17, 15) is 14.0 Å². The summed E-state index contributed by atoms with van der Waals surface area (Å²) in [5.41, 5.74) is 2.83. The predicted molar refractivity (Wildman–Crippen MR) is 109 cm³/mol. The van der Waals surface area contributed by atoms with Crippen molar-refractivity contribution in [2.24, 2.45) is 0 Å². The molecule has 0 saturated heterocycles. The average Bonchev–Trinajstić information content (AvgIpc) is 2.69. The minimum atomic E-state index is -0.561. The zero-order valence-corrected chi connectivity index (χ0v) is 16.9. The maximum absolute atomic E-state index is 13.3. The molecule has 28 heavy (non-hydrogen) atoms. The monoisotopic (exact) mass is 384 g/mol. The maximum Gasteiger partial charge on any atom is 0.242 e. The predicted octanol–water partition coefficient (Wildman–Crippen LogP) is 4.01. The van der Waals surface area contributed by atoms with Crippen molar-refractivity contribution >= 4 is 11.8 Å². The molecule has 2 amide bonds. The van der Waals surface area contributed by atoms with E-state index in [1.807, 2.05) is 45.0 Å². The fraction of sp³-hybridized carbons (Fsp3) is 0.391. The summed E-state index contributed by atoms with van der Waals surface area (Å²) in [7, 11) is 0. The van der Waals surface area contributed by atoms with Crippen LogP contribution in [0.4, 0.5) is 4.39 Å². The Morgan fingerprint density at radius 2 is 1.61 bits per heavy atom. The van der Waals surface area contributed by atoms with Gasteiger partial charge in [-0.1, -0.05) is 55.8 Å². The van der Waals surface area contributed by atoms with Crippen LogP contribution in [-0.4, -0.2) is 29.3 Å². The Morgan fingerprint density at radius 1 is 1.00 bits per heavy atom. The van der Waals surface area contributed by atoms with Gasteiger partial charge in [0, 0.05) is 13.1 Å². The van der Waals surface area contributed by atoms with Crippen LogP contribution in [0.3, 0.4) is 0 Å². The lowest BCUT2D eigenvalue weighted by Crippen LogP contribution is -2.49. The molecule has 0 radical (unpaired) electrons. The molecule has 0 heterocycles. The van der Waals surface area contributed by atoms with Crippen LogP contribution in [0.15, 0.2) is 48.5 Å². The van der Waals surface area contributed by atoms with Gasteiger partial charge in [-0.05, 0) is 43.0 Å². The van der Waals surface area contributed by atoms with Gasteiger partial charge in [-0.3, -0.25) is 9.59 Å². The van der Waals surface area contributed by atoms with Crippen molar-refractivity contribution < 1.29 is 14.0 Å². The minimum absolute atomic E-state index is 0.119. The number of nitrogens with zero attached hydrogens (tertiary/aromatic N) is 1. The summed E-state index contributed by atoms with van der Waals surface area (Å²) in [6, 6.07) is 13.3. The van der Waals surface area contributed by atoms with Gasteiger partial charge in [-0.25, -0.2) is 4.39 Å². The first-order chi connectivity index (χ1) is 13.4. The number of hydrogen-bond acceptors (Lipinski definition) is 2. The Hall–Kier alpha value is -2.69. The number of rotatable bonds is 9. The third-order valence-corrected chi connectivity index (χ3v) is 4.68. The van der Waals surface area contributed by atoms with Crippen molar-refractivity contribution in [1.82, 2.24) is 10.2 Å². The molecule has 0 aliphatic rings. The highest BCUT2D eigenvalue weighted by molar-refractivity contribution is 5.88. The number of aryl methyl sites for hydroxylation is 1. The van der Waals surface area contributed by atoms with Gasteiger partial charge >= 0.3 is 0 Å². The third-order valence-electron chi connectivity index (χ3n) is 4.68. The van der Waals surface area contributed by atoms with Gasteiger partial charge in [0.05, 0.1) is 6.42 Å². The highest BCUT2D eigenvalue weighted by atomic mass is 19.1. The van der Waals surface area contributed by atoms with Gasteiger partial charge in [0.15, 0.2) is 0 Å². The van der Waals surface area contributed by atoms with Gasteiger partial charge in [0.1, 0.15) is 11.9 Å². The fourth-order valence-electron chi connectivity index (χ4n) is 3.05. The Balaban J connectivity index is 2.24. The Labute approximate surface area is 166 Å². The zero-order chi connectivity index (χ0) is 20.5. The van der Waals surface area contributed by atoms with E-state index >= 15 is 0 Å². The van der Waals surface area contributed by atoms with E-state index in [1.54, 1.807) is 17.0 Å². The summed E-state index contributed by atoms with van der Waals surface area (Å²) in [5, 5.41) is 2.89. The van der Waals surface area contributed by atoms with Crippen LogP contribution in [0.5, 0.6) is 0 Å². The van der Waals surface area contributed by atoms with Crippen molar-refractivity contribution in [2.45, 2.75) is 52.6 Å². The molecule has 2 aromatic carbocycles. The summed E-state index contributed by atoms with van der Waals surface area (Å²) < 4.78 is 13.3. The van der Waals surface area contributed by atoms with Crippen LogP contribution in [0.2, 0.25) is 0 Å².